The number of aliphatic hydroxyl groups excluding tert-OH is 1. The van der Waals surface area contributed by atoms with E-state index in [1.807, 2.05) is 18.2 Å². The van der Waals surface area contributed by atoms with Crippen molar-refractivity contribution in [1.29, 1.82) is 0 Å². The average molecular weight is 399 g/mol. The number of hydrogen-bond donors (Lipinski definition) is 2. The van der Waals surface area contributed by atoms with Crippen molar-refractivity contribution in [3.8, 4) is 0 Å². The highest BCUT2D eigenvalue weighted by molar-refractivity contribution is 5.92. The van der Waals surface area contributed by atoms with E-state index >= 15 is 0 Å². The highest BCUT2D eigenvalue weighted by Gasteiger charge is 2.40. The molecule has 0 unspecified atom stereocenters. The highest BCUT2D eigenvalue weighted by atomic mass is 16.4. The van der Waals surface area contributed by atoms with Gasteiger partial charge in [-0.25, -0.2) is 4.98 Å². The molecule has 3 atom stereocenters. The Morgan fingerprint density at radius 3 is 2.59 bits per heavy atom. The molecule has 0 spiro atoms. The number of aryl methyl sites for hydroxylation is 1. The zero-order valence-electron chi connectivity index (χ0n) is 17.2. The number of nitrogens with zero attached hydrogens (tertiary/aromatic N) is 2. The van der Waals surface area contributed by atoms with Crippen LogP contribution in [0.2, 0.25) is 0 Å². The Hall–Kier alpha value is -2.67. The van der Waals surface area contributed by atoms with Crippen LogP contribution in [0.1, 0.15) is 54.4 Å². The molecule has 0 radical (unpaired) electrons. The Bertz CT molecular complexity index is 851. The molecule has 3 rings (SSSR count). The van der Waals surface area contributed by atoms with Gasteiger partial charge in [-0.1, -0.05) is 30.3 Å². The molecule has 7 heteroatoms. The third-order valence-electron chi connectivity index (χ3n) is 6.10. The molecule has 1 saturated carbocycles. The molecule has 2 amide bonds. The quantitative estimate of drug-likeness (QED) is 0.753. The standard InChI is InChI=1S/C22H29N3O4/c1-15-20(29-14-24-15)21(28)25(3)18-9-11-22(12-10-19(18)27,13-23-16(2)26)17-7-5-4-6-8-17/h4-8,14,18-19,27H,9-13H2,1-3H3,(H,23,26)/t18-,19-,22+/m0/s1. The molecule has 0 aliphatic heterocycles. The molecule has 1 fully saturated rings. The summed E-state index contributed by atoms with van der Waals surface area (Å²) in [5.74, 6) is -0.149. The second-order valence-corrected chi connectivity index (χ2v) is 7.95. The maximum Gasteiger partial charge on any atom is 0.291 e. The Labute approximate surface area is 171 Å². The number of nitrogens with one attached hydrogen (secondary N) is 1. The molecule has 1 aliphatic rings. The predicted molar refractivity (Wildman–Crippen MR) is 108 cm³/mol. The third-order valence-corrected chi connectivity index (χ3v) is 6.10. The molecular weight excluding hydrogens is 370 g/mol. The summed E-state index contributed by atoms with van der Waals surface area (Å²) in [4.78, 5) is 30.0. The van der Waals surface area contributed by atoms with Crippen LogP contribution in [0.25, 0.3) is 0 Å². The number of aliphatic hydroxyl groups is 1. The summed E-state index contributed by atoms with van der Waals surface area (Å²) in [6.45, 7) is 3.74. The summed E-state index contributed by atoms with van der Waals surface area (Å²) < 4.78 is 5.25. The molecule has 1 aromatic heterocycles. The normalized spacial score (nSPS) is 24.6. The van der Waals surface area contributed by atoms with Gasteiger partial charge in [0.25, 0.3) is 5.91 Å². The number of benzene rings is 1. The van der Waals surface area contributed by atoms with Gasteiger partial charge in [0.15, 0.2) is 6.39 Å². The predicted octanol–water partition coefficient (Wildman–Crippen LogP) is 2.43. The first-order chi connectivity index (χ1) is 13.8. The summed E-state index contributed by atoms with van der Waals surface area (Å²) in [7, 11) is 1.70. The lowest BCUT2D eigenvalue weighted by Gasteiger charge is -2.34. The molecule has 1 aliphatic carbocycles. The van der Waals surface area contributed by atoms with Gasteiger partial charge in [0.05, 0.1) is 17.8 Å². The van der Waals surface area contributed by atoms with Crippen LogP contribution in [0.3, 0.4) is 0 Å². The molecule has 2 aromatic rings. The van der Waals surface area contributed by atoms with E-state index in [0.717, 1.165) is 18.4 Å². The van der Waals surface area contributed by atoms with E-state index in [-0.39, 0.29) is 29.0 Å². The number of amides is 2. The van der Waals surface area contributed by atoms with Crippen molar-refractivity contribution >= 4 is 11.8 Å². The van der Waals surface area contributed by atoms with Crippen molar-refractivity contribution in [1.82, 2.24) is 15.2 Å². The number of carbonyl (C=O) groups is 2. The van der Waals surface area contributed by atoms with Crippen LogP contribution < -0.4 is 5.32 Å². The largest absolute Gasteiger partial charge is 0.438 e. The van der Waals surface area contributed by atoms with Crippen molar-refractivity contribution in [2.45, 2.75) is 57.1 Å². The number of carbonyl (C=O) groups excluding carboxylic acids is 2. The minimum Gasteiger partial charge on any atom is -0.438 e. The van der Waals surface area contributed by atoms with Crippen LogP contribution in [0.15, 0.2) is 41.1 Å². The van der Waals surface area contributed by atoms with Crippen molar-refractivity contribution in [3.63, 3.8) is 0 Å². The van der Waals surface area contributed by atoms with Gasteiger partial charge in [0, 0.05) is 25.9 Å². The summed E-state index contributed by atoms with van der Waals surface area (Å²) in [6.07, 6.45) is 3.21. The molecule has 0 bridgehead atoms. The second kappa shape index (κ2) is 8.78. The lowest BCUT2D eigenvalue weighted by atomic mass is 9.74. The van der Waals surface area contributed by atoms with Crippen LogP contribution in [-0.4, -0.2) is 52.5 Å². The van der Waals surface area contributed by atoms with Crippen molar-refractivity contribution in [2.24, 2.45) is 0 Å². The molecule has 29 heavy (non-hydrogen) atoms. The Kier molecular flexibility index (Phi) is 6.37. The van der Waals surface area contributed by atoms with Gasteiger partial charge < -0.3 is 19.7 Å². The first kappa shape index (κ1) is 21.0. The van der Waals surface area contributed by atoms with E-state index in [1.54, 1.807) is 18.9 Å². The fourth-order valence-corrected chi connectivity index (χ4v) is 4.28. The van der Waals surface area contributed by atoms with E-state index in [1.165, 1.54) is 13.3 Å². The first-order valence-corrected chi connectivity index (χ1v) is 9.99. The number of rotatable bonds is 5. The number of hydrogen-bond acceptors (Lipinski definition) is 5. The molecular formula is C22H29N3O4. The minimum atomic E-state index is -0.657. The zero-order valence-corrected chi connectivity index (χ0v) is 17.2. The van der Waals surface area contributed by atoms with Gasteiger partial charge in [-0.05, 0) is 38.2 Å². The highest BCUT2D eigenvalue weighted by Crippen LogP contribution is 2.39. The first-order valence-electron chi connectivity index (χ1n) is 9.99. The zero-order chi connectivity index (χ0) is 21.0. The SMILES string of the molecule is CC(=O)NC[C@]1(c2ccccc2)CC[C@H](O)[C@@H](N(C)C(=O)c2ocnc2C)CC1. The minimum absolute atomic E-state index is 0.0743. The summed E-state index contributed by atoms with van der Waals surface area (Å²) in [5.41, 5.74) is 1.39. The Morgan fingerprint density at radius 1 is 1.28 bits per heavy atom. The van der Waals surface area contributed by atoms with Crippen LogP contribution in [-0.2, 0) is 10.2 Å². The maximum atomic E-state index is 12.9. The summed E-state index contributed by atoms with van der Waals surface area (Å²) in [6, 6.07) is 9.76. The topological polar surface area (TPSA) is 95.7 Å². The Morgan fingerprint density at radius 2 is 1.97 bits per heavy atom. The van der Waals surface area contributed by atoms with E-state index in [0.29, 0.717) is 25.1 Å². The van der Waals surface area contributed by atoms with Gasteiger partial charge >= 0.3 is 0 Å². The van der Waals surface area contributed by atoms with Gasteiger partial charge in [-0.2, -0.15) is 0 Å². The second-order valence-electron chi connectivity index (χ2n) is 7.95. The van der Waals surface area contributed by atoms with E-state index < -0.39 is 6.10 Å². The third kappa shape index (κ3) is 4.50. The van der Waals surface area contributed by atoms with Crippen LogP contribution in [0.4, 0.5) is 0 Å². The van der Waals surface area contributed by atoms with Gasteiger partial charge in [-0.15, -0.1) is 0 Å². The van der Waals surface area contributed by atoms with Crippen LogP contribution in [0, 0.1) is 6.92 Å². The van der Waals surface area contributed by atoms with Crippen molar-refractivity contribution in [2.75, 3.05) is 13.6 Å². The monoisotopic (exact) mass is 399 g/mol. The molecule has 7 nitrogen and oxygen atoms in total. The van der Waals surface area contributed by atoms with Gasteiger partial charge in [-0.3, -0.25) is 9.59 Å². The van der Waals surface area contributed by atoms with E-state index in [2.05, 4.69) is 22.4 Å². The van der Waals surface area contributed by atoms with Gasteiger partial charge in [0.2, 0.25) is 11.7 Å². The Balaban J connectivity index is 1.84. The van der Waals surface area contributed by atoms with E-state index in [4.69, 9.17) is 4.42 Å². The number of likely N-dealkylation sites (N-methyl/N-ethyl adjacent to an activating group) is 1. The number of oxazole rings is 1. The summed E-state index contributed by atoms with van der Waals surface area (Å²) in [5, 5.41) is 13.8. The number of aromatic nitrogens is 1. The lowest BCUT2D eigenvalue weighted by Crippen LogP contribution is -2.44. The molecule has 0 saturated heterocycles. The smallest absolute Gasteiger partial charge is 0.291 e. The van der Waals surface area contributed by atoms with E-state index in [9.17, 15) is 14.7 Å². The molecule has 1 aromatic carbocycles. The molecule has 2 N–H and O–H groups in total. The molecule has 156 valence electrons. The fraction of sp³-hybridized carbons (Fsp3) is 0.500. The maximum absolute atomic E-state index is 12.9. The average Bonchev–Trinajstić information content (AvgIpc) is 3.07. The lowest BCUT2D eigenvalue weighted by molar-refractivity contribution is -0.119. The molecule has 1 heterocycles. The fourth-order valence-electron chi connectivity index (χ4n) is 4.28. The summed E-state index contributed by atoms with van der Waals surface area (Å²) >= 11 is 0. The van der Waals surface area contributed by atoms with Crippen molar-refractivity contribution in [3.05, 3.63) is 53.7 Å². The van der Waals surface area contributed by atoms with Crippen LogP contribution in [0.5, 0.6) is 0 Å². The van der Waals surface area contributed by atoms with Gasteiger partial charge in [0.1, 0.15) is 0 Å². The van der Waals surface area contributed by atoms with Crippen molar-refractivity contribution < 1.29 is 19.1 Å². The van der Waals surface area contributed by atoms with Crippen LogP contribution >= 0.6 is 0 Å².